The van der Waals surface area contributed by atoms with Crippen molar-refractivity contribution >= 4 is 17.6 Å². The summed E-state index contributed by atoms with van der Waals surface area (Å²) in [4.78, 5) is 23.0. The molecule has 1 rings (SSSR count). The van der Waals surface area contributed by atoms with Gasteiger partial charge < -0.3 is 15.2 Å². The maximum Gasteiger partial charge on any atom is 0.344 e. The summed E-state index contributed by atoms with van der Waals surface area (Å²) in [6.45, 7) is 3.74. The normalized spacial score (nSPS) is 10.0. The van der Waals surface area contributed by atoms with Gasteiger partial charge in [0.05, 0.1) is 12.2 Å². The molecule has 1 aromatic rings. The number of carbonyl (C=O) groups excluding carboxylic acids is 2. The minimum Gasteiger partial charge on any atom is -0.463 e. The first-order valence-corrected chi connectivity index (χ1v) is 6.23. The highest BCUT2D eigenvalue weighted by Gasteiger charge is 2.13. The minimum absolute atomic E-state index is 0.355. The van der Waals surface area contributed by atoms with Crippen LogP contribution in [0.4, 0.5) is 5.69 Å². The fourth-order valence-corrected chi connectivity index (χ4v) is 1.49. The summed E-state index contributed by atoms with van der Waals surface area (Å²) in [7, 11) is 0. The van der Waals surface area contributed by atoms with Crippen LogP contribution in [0, 0.1) is 6.92 Å². The smallest absolute Gasteiger partial charge is 0.344 e. The fourth-order valence-electron chi connectivity index (χ4n) is 1.49. The molecule has 0 aliphatic rings. The number of hydrogen-bond acceptors (Lipinski definition) is 5. The lowest BCUT2D eigenvalue weighted by Gasteiger charge is -2.08. The topological polar surface area (TPSA) is 78.6 Å². The summed E-state index contributed by atoms with van der Waals surface area (Å²) < 4.78 is 9.77. The molecular weight excluding hydrogens is 246 g/mol. The number of ether oxygens (including phenoxy) is 2. The number of carbonyl (C=O) groups is 2. The molecule has 0 fully saturated rings. The zero-order chi connectivity index (χ0) is 14.3. The number of benzene rings is 1. The number of anilines is 1. The fraction of sp³-hybridized carbons (Fsp3) is 0.429. The number of hydrogen-bond donors (Lipinski definition) is 1. The van der Waals surface area contributed by atoms with Gasteiger partial charge in [-0.25, -0.2) is 9.59 Å². The van der Waals surface area contributed by atoms with Gasteiger partial charge in [0.1, 0.15) is 0 Å². The van der Waals surface area contributed by atoms with Gasteiger partial charge in [0, 0.05) is 5.69 Å². The average Bonchev–Trinajstić information content (AvgIpc) is 2.36. The SMILES string of the molecule is CCCCOC(=O)COC(=O)c1ccc(N)cc1C. The van der Waals surface area contributed by atoms with Crippen molar-refractivity contribution in [2.24, 2.45) is 0 Å². The third-order valence-corrected chi connectivity index (χ3v) is 2.55. The van der Waals surface area contributed by atoms with Crippen LogP contribution in [0.3, 0.4) is 0 Å². The number of esters is 2. The maximum absolute atomic E-state index is 11.7. The highest BCUT2D eigenvalue weighted by atomic mass is 16.6. The second-order valence-electron chi connectivity index (χ2n) is 4.22. The summed E-state index contributed by atoms with van der Waals surface area (Å²) in [6, 6.07) is 4.87. The van der Waals surface area contributed by atoms with Crippen LogP contribution in [-0.4, -0.2) is 25.2 Å². The van der Waals surface area contributed by atoms with E-state index in [2.05, 4.69) is 0 Å². The van der Waals surface area contributed by atoms with Crippen molar-refractivity contribution < 1.29 is 19.1 Å². The molecule has 104 valence electrons. The second-order valence-corrected chi connectivity index (χ2v) is 4.22. The van der Waals surface area contributed by atoms with Crippen molar-refractivity contribution in [3.8, 4) is 0 Å². The average molecular weight is 265 g/mol. The number of nitrogen functional groups attached to an aromatic ring is 1. The molecule has 0 saturated heterocycles. The van der Waals surface area contributed by atoms with Crippen LogP contribution in [0.1, 0.15) is 35.7 Å². The van der Waals surface area contributed by atoms with Crippen molar-refractivity contribution in [1.82, 2.24) is 0 Å². The molecule has 5 heteroatoms. The van der Waals surface area contributed by atoms with Gasteiger partial charge in [-0.3, -0.25) is 0 Å². The molecule has 0 heterocycles. The zero-order valence-electron chi connectivity index (χ0n) is 11.3. The quantitative estimate of drug-likeness (QED) is 0.484. The summed E-state index contributed by atoms with van der Waals surface area (Å²) >= 11 is 0. The second kappa shape index (κ2) is 7.41. The Hall–Kier alpha value is -2.04. The molecule has 1 aromatic carbocycles. The summed E-state index contributed by atoms with van der Waals surface area (Å²) in [5.41, 5.74) is 7.28. The lowest BCUT2D eigenvalue weighted by Crippen LogP contribution is -2.17. The molecule has 0 unspecified atom stereocenters. The van der Waals surface area contributed by atoms with Crippen LogP contribution >= 0.6 is 0 Å². The van der Waals surface area contributed by atoms with E-state index in [1.54, 1.807) is 25.1 Å². The molecular formula is C14H19NO4. The zero-order valence-corrected chi connectivity index (χ0v) is 11.3. The number of aryl methyl sites for hydroxylation is 1. The monoisotopic (exact) mass is 265 g/mol. The van der Waals surface area contributed by atoms with Crippen molar-refractivity contribution in [2.45, 2.75) is 26.7 Å². The van der Waals surface area contributed by atoms with Crippen molar-refractivity contribution in [2.75, 3.05) is 18.9 Å². The third kappa shape index (κ3) is 4.99. The van der Waals surface area contributed by atoms with Gasteiger partial charge in [-0.15, -0.1) is 0 Å². The molecule has 5 nitrogen and oxygen atoms in total. The molecule has 0 saturated carbocycles. The van der Waals surface area contributed by atoms with E-state index in [1.165, 1.54) is 0 Å². The highest BCUT2D eigenvalue weighted by Crippen LogP contribution is 2.13. The molecule has 0 amide bonds. The molecule has 0 spiro atoms. The summed E-state index contributed by atoms with van der Waals surface area (Å²) in [5.74, 6) is -1.08. The third-order valence-electron chi connectivity index (χ3n) is 2.55. The van der Waals surface area contributed by atoms with Crippen LogP contribution in [0.5, 0.6) is 0 Å². The number of nitrogens with two attached hydrogens (primary N) is 1. The van der Waals surface area contributed by atoms with E-state index in [1.807, 2.05) is 6.92 Å². The van der Waals surface area contributed by atoms with Crippen LogP contribution in [-0.2, 0) is 14.3 Å². The molecule has 2 N–H and O–H groups in total. The molecule has 19 heavy (non-hydrogen) atoms. The Morgan fingerprint density at radius 2 is 2.00 bits per heavy atom. The number of rotatable bonds is 6. The van der Waals surface area contributed by atoms with Crippen LogP contribution in [0.15, 0.2) is 18.2 Å². The minimum atomic E-state index is -0.551. The number of unbranched alkanes of at least 4 members (excludes halogenated alkanes) is 1. The summed E-state index contributed by atoms with van der Waals surface area (Å²) in [5, 5.41) is 0. The maximum atomic E-state index is 11.7. The van der Waals surface area contributed by atoms with Crippen molar-refractivity contribution in [3.05, 3.63) is 29.3 Å². The standard InChI is InChI=1S/C14H19NO4/c1-3-4-7-18-13(16)9-19-14(17)12-6-5-11(15)8-10(12)2/h5-6,8H,3-4,7,9,15H2,1-2H3. The predicted molar refractivity (Wildman–Crippen MR) is 71.7 cm³/mol. The van der Waals surface area contributed by atoms with Crippen LogP contribution in [0.25, 0.3) is 0 Å². The van der Waals surface area contributed by atoms with Crippen LogP contribution < -0.4 is 5.73 Å². The van der Waals surface area contributed by atoms with Gasteiger partial charge in [-0.2, -0.15) is 0 Å². The van der Waals surface area contributed by atoms with E-state index in [0.717, 1.165) is 12.8 Å². The van der Waals surface area contributed by atoms with Gasteiger partial charge in [-0.1, -0.05) is 13.3 Å². The van der Waals surface area contributed by atoms with Gasteiger partial charge in [-0.05, 0) is 37.1 Å². The Morgan fingerprint density at radius 1 is 1.26 bits per heavy atom. The molecule has 0 aliphatic carbocycles. The lowest BCUT2D eigenvalue weighted by molar-refractivity contribution is -0.147. The van der Waals surface area contributed by atoms with E-state index in [-0.39, 0.29) is 6.61 Å². The van der Waals surface area contributed by atoms with Crippen LogP contribution in [0.2, 0.25) is 0 Å². The summed E-state index contributed by atoms with van der Waals surface area (Å²) in [6.07, 6.45) is 1.74. The van der Waals surface area contributed by atoms with Gasteiger partial charge in [0.15, 0.2) is 6.61 Å². The Balaban J connectivity index is 2.45. The highest BCUT2D eigenvalue weighted by molar-refractivity contribution is 5.92. The Bertz CT molecular complexity index is 457. The van der Waals surface area contributed by atoms with Gasteiger partial charge in [0.2, 0.25) is 0 Å². The van der Waals surface area contributed by atoms with E-state index in [4.69, 9.17) is 15.2 Å². The molecule has 0 bridgehead atoms. The van der Waals surface area contributed by atoms with Crippen molar-refractivity contribution in [3.63, 3.8) is 0 Å². The Labute approximate surface area is 112 Å². The van der Waals surface area contributed by atoms with Crippen molar-refractivity contribution in [1.29, 1.82) is 0 Å². The first kappa shape index (κ1) is 15.0. The van der Waals surface area contributed by atoms with E-state index in [0.29, 0.717) is 23.4 Å². The first-order valence-electron chi connectivity index (χ1n) is 6.23. The molecule has 0 aromatic heterocycles. The molecule has 0 atom stereocenters. The molecule has 0 aliphatic heterocycles. The Morgan fingerprint density at radius 3 is 2.63 bits per heavy atom. The van der Waals surface area contributed by atoms with E-state index < -0.39 is 11.9 Å². The lowest BCUT2D eigenvalue weighted by atomic mass is 10.1. The predicted octanol–water partition coefficient (Wildman–Crippen LogP) is 2.08. The van der Waals surface area contributed by atoms with E-state index in [9.17, 15) is 9.59 Å². The van der Waals surface area contributed by atoms with Gasteiger partial charge in [0.25, 0.3) is 0 Å². The molecule has 0 radical (unpaired) electrons. The first-order chi connectivity index (χ1) is 9.04. The van der Waals surface area contributed by atoms with E-state index >= 15 is 0 Å². The Kier molecular flexibility index (Phi) is 5.85. The van der Waals surface area contributed by atoms with Gasteiger partial charge >= 0.3 is 11.9 Å². The largest absolute Gasteiger partial charge is 0.463 e.